The first kappa shape index (κ1) is 22.6. The number of fused-ring (bicyclic) bond motifs is 1. The van der Waals surface area contributed by atoms with Crippen LogP contribution in [0.2, 0.25) is 10.0 Å². The fourth-order valence-corrected chi connectivity index (χ4v) is 4.94. The highest BCUT2D eigenvalue weighted by atomic mass is 79.9. The molecule has 0 saturated heterocycles. The van der Waals surface area contributed by atoms with Crippen LogP contribution in [0.4, 0.5) is 5.69 Å². The summed E-state index contributed by atoms with van der Waals surface area (Å²) in [4.78, 5) is 9.13. The lowest BCUT2D eigenvalue weighted by Gasteiger charge is -2.21. The molecule has 3 aromatic rings. The van der Waals surface area contributed by atoms with Gasteiger partial charge in [-0.05, 0) is 46.6 Å². The van der Waals surface area contributed by atoms with E-state index in [0.29, 0.717) is 16.6 Å². The van der Waals surface area contributed by atoms with Gasteiger partial charge in [-0.25, -0.2) is 0 Å². The summed E-state index contributed by atoms with van der Waals surface area (Å²) < 4.78 is 0.828. The van der Waals surface area contributed by atoms with Gasteiger partial charge in [0.1, 0.15) is 0 Å². The molecule has 31 heavy (non-hydrogen) atoms. The van der Waals surface area contributed by atoms with E-state index in [0.717, 1.165) is 52.2 Å². The van der Waals surface area contributed by atoms with Crippen LogP contribution < -0.4 is 4.90 Å². The Morgan fingerprint density at radius 3 is 2.65 bits per heavy atom. The Hall–Kier alpha value is -1.63. The van der Waals surface area contributed by atoms with Crippen LogP contribution in [0.3, 0.4) is 0 Å². The molecule has 0 aliphatic carbocycles. The van der Waals surface area contributed by atoms with E-state index in [9.17, 15) is 5.11 Å². The first-order valence-electron chi connectivity index (χ1n) is 10.2. The van der Waals surface area contributed by atoms with Crippen molar-refractivity contribution in [1.82, 2.24) is 9.88 Å². The van der Waals surface area contributed by atoms with E-state index in [4.69, 9.17) is 23.2 Å². The zero-order chi connectivity index (χ0) is 22.1. The van der Waals surface area contributed by atoms with Crippen LogP contribution in [0.5, 0.6) is 0 Å². The predicted octanol–water partition coefficient (Wildman–Crippen LogP) is 6.12. The van der Waals surface area contributed by atoms with E-state index in [1.165, 1.54) is 5.56 Å². The van der Waals surface area contributed by atoms with Crippen molar-refractivity contribution in [2.24, 2.45) is 0 Å². The van der Waals surface area contributed by atoms with E-state index in [1.807, 2.05) is 31.2 Å². The molecule has 0 saturated carbocycles. The quantitative estimate of drug-likeness (QED) is 0.450. The zero-order valence-electron chi connectivity index (χ0n) is 17.4. The van der Waals surface area contributed by atoms with Gasteiger partial charge >= 0.3 is 0 Å². The van der Waals surface area contributed by atoms with E-state index in [1.54, 1.807) is 6.20 Å². The molecular weight excluding hydrogens is 497 g/mol. The lowest BCUT2D eigenvalue weighted by atomic mass is 10.0. The summed E-state index contributed by atoms with van der Waals surface area (Å²) in [7, 11) is 2.10. The molecule has 0 fully saturated rings. The Labute approximate surface area is 201 Å². The maximum atomic E-state index is 9.80. The van der Waals surface area contributed by atoms with Gasteiger partial charge in [0.15, 0.2) is 0 Å². The summed E-state index contributed by atoms with van der Waals surface area (Å²) in [6.07, 6.45) is 1.43. The van der Waals surface area contributed by atoms with Gasteiger partial charge < -0.3 is 10.0 Å². The number of aromatic nitrogens is 1. The molecule has 2 heterocycles. The second kappa shape index (κ2) is 9.47. The highest BCUT2D eigenvalue weighted by Crippen LogP contribution is 2.41. The van der Waals surface area contributed by atoms with Crippen molar-refractivity contribution in [2.75, 3.05) is 31.6 Å². The maximum absolute atomic E-state index is 9.80. The molecule has 4 nitrogen and oxygen atoms in total. The first-order valence-corrected chi connectivity index (χ1v) is 11.7. The number of likely N-dealkylation sites (N-methyl/N-ethyl adjacent to an activating group) is 1. The average Bonchev–Trinajstić information content (AvgIpc) is 2.88. The normalized spacial score (nSPS) is 15.5. The maximum Gasteiger partial charge on any atom is 0.0895 e. The van der Waals surface area contributed by atoms with Gasteiger partial charge in [-0.2, -0.15) is 0 Å². The van der Waals surface area contributed by atoms with Crippen LogP contribution in [0.1, 0.15) is 12.5 Å². The van der Waals surface area contributed by atoms with E-state index in [-0.39, 0.29) is 6.10 Å². The molecule has 1 atom stereocenters. The van der Waals surface area contributed by atoms with Crippen LogP contribution in [0, 0.1) is 0 Å². The van der Waals surface area contributed by atoms with Crippen molar-refractivity contribution in [3.8, 4) is 22.4 Å². The number of anilines is 1. The van der Waals surface area contributed by atoms with Crippen molar-refractivity contribution in [2.45, 2.75) is 19.6 Å². The molecule has 1 unspecified atom stereocenters. The molecule has 162 valence electrons. The number of aliphatic hydroxyl groups excluding tert-OH is 1. The summed E-state index contributed by atoms with van der Waals surface area (Å²) in [6.45, 7) is 5.09. The van der Waals surface area contributed by atoms with Gasteiger partial charge in [0, 0.05) is 66.3 Å². The molecule has 2 aromatic carbocycles. The summed E-state index contributed by atoms with van der Waals surface area (Å²) in [5.74, 6) is 0. The summed E-state index contributed by atoms with van der Waals surface area (Å²) in [5, 5.41) is 11.0. The summed E-state index contributed by atoms with van der Waals surface area (Å²) in [6, 6.07) is 14.1. The third-order valence-electron chi connectivity index (χ3n) is 5.57. The van der Waals surface area contributed by atoms with Gasteiger partial charge in [-0.15, -0.1) is 0 Å². The van der Waals surface area contributed by atoms with Gasteiger partial charge in [-0.3, -0.25) is 9.88 Å². The minimum Gasteiger partial charge on any atom is -0.392 e. The van der Waals surface area contributed by atoms with Crippen LogP contribution in [-0.4, -0.2) is 47.8 Å². The van der Waals surface area contributed by atoms with E-state index < -0.39 is 0 Å². The lowest BCUT2D eigenvalue weighted by Crippen LogP contribution is -2.34. The van der Waals surface area contributed by atoms with Crippen LogP contribution in [0.15, 0.2) is 53.1 Å². The SMILES string of the molecule is CC(O)CN1CCN(C)c2cc(-c3nccc(-c4cccc(Br)c4Cl)c3Cl)ccc2C1. The molecule has 7 heteroatoms. The highest BCUT2D eigenvalue weighted by molar-refractivity contribution is 9.10. The number of hydrogen-bond donors (Lipinski definition) is 1. The minimum atomic E-state index is -0.346. The van der Waals surface area contributed by atoms with Crippen LogP contribution in [-0.2, 0) is 6.54 Å². The third-order valence-corrected chi connectivity index (χ3v) is 7.25. The molecule has 1 aliphatic rings. The Balaban J connectivity index is 1.74. The van der Waals surface area contributed by atoms with Gasteiger partial charge in [0.25, 0.3) is 0 Å². The molecule has 4 rings (SSSR count). The Morgan fingerprint density at radius 2 is 1.87 bits per heavy atom. The smallest absolute Gasteiger partial charge is 0.0895 e. The van der Waals surface area contributed by atoms with Gasteiger partial charge in [-0.1, -0.05) is 47.5 Å². The molecule has 0 amide bonds. The Kier molecular flexibility index (Phi) is 6.89. The van der Waals surface area contributed by atoms with Crippen LogP contribution >= 0.6 is 39.1 Å². The van der Waals surface area contributed by atoms with Crippen molar-refractivity contribution in [3.63, 3.8) is 0 Å². The number of nitrogens with zero attached hydrogens (tertiary/aromatic N) is 3. The lowest BCUT2D eigenvalue weighted by molar-refractivity contribution is 0.125. The molecule has 0 radical (unpaired) electrons. The number of β-amino-alcohol motifs (C(OH)–C–C–N with tert-alkyl or cyclic N) is 1. The Morgan fingerprint density at radius 1 is 1.10 bits per heavy atom. The number of benzene rings is 2. The number of halogens is 3. The molecule has 1 aliphatic heterocycles. The van der Waals surface area contributed by atoms with Gasteiger partial charge in [0.05, 0.1) is 21.8 Å². The third kappa shape index (κ3) is 4.76. The number of pyridine rings is 1. The van der Waals surface area contributed by atoms with Gasteiger partial charge in [0.2, 0.25) is 0 Å². The first-order chi connectivity index (χ1) is 14.8. The summed E-state index contributed by atoms with van der Waals surface area (Å²) in [5.41, 5.74) is 5.81. The second-order valence-corrected chi connectivity index (χ2v) is 9.58. The molecule has 1 aromatic heterocycles. The van der Waals surface area contributed by atoms with Crippen LogP contribution in [0.25, 0.3) is 22.4 Å². The van der Waals surface area contributed by atoms with E-state index >= 15 is 0 Å². The zero-order valence-corrected chi connectivity index (χ0v) is 20.5. The molecule has 1 N–H and O–H groups in total. The van der Waals surface area contributed by atoms with Crippen molar-refractivity contribution in [3.05, 3.63) is 68.7 Å². The molecule has 0 bridgehead atoms. The summed E-state index contributed by atoms with van der Waals surface area (Å²) >= 11 is 16.9. The number of aliphatic hydroxyl groups is 1. The average molecular weight is 521 g/mol. The largest absolute Gasteiger partial charge is 0.392 e. The fourth-order valence-electron chi connectivity index (χ4n) is 4.03. The Bertz CT molecular complexity index is 1110. The fraction of sp³-hybridized carbons (Fsp3) is 0.292. The van der Waals surface area contributed by atoms with Crippen molar-refractivity contribution < 1.29 is 5.11 Å². The van der Waals surface area contributed by atoms with Crippen molar-refractivity contribution >= 4 is 44.8 Å². The minimum absolute atomic E-state index is 0.346. The second-order valence-electron chi connectivity index (χ2n) is 7.97. The molecular formula is C24H24BrCl2N3O. The standard InChI is InChI=1S/C24H24BrCl2N3O/c1-15(31)13-30-11-10-29(2)21-12-16(6-7-17(21)14-30)24-23(27)19(8-9-28-24)18-4-3-5-20(25)22(18)26/h3-9,12,15,31H,10-11,13-14H2,1-2H3. The number of rotatable bonds is 4. The monoisotopic (exact) mass is 519 g/mol. The molecule has 0 spiro atoms. The highest BCUT2D eigenvalue weighted by Gasteiger charge is 2.21. The topological polar surface area (TPSA) is 39.6 Å². The number of hydrogen-bond acceptors (Lipinski definition) is 4. The van der Waals surface area contributed by atoms with E-state index in [2.05, 4.69) is 56.0 Å². The predicted molar refractivity (Wildman–Crippen MR) is 133 cm³/mol. The van der Waals surface area contributed by atoms with Crippen molar-refractivity contribution in [1.29, 1.82) is 0 Å².